The molecular formula is C6H7NO4. The smallest absolute Gasteiger partial charge is 0.303 e. The highest BCUT2D eigenvalue weighted by atomic mass is 16.4. The minimum atomic E-state index is -0.959. The third-order valence-corrected chi connectivity index (χ3v) is 1.49. The maximum Gasteiger partial charge on any atom is 0.303 e. The number of carboxylic acids is 1. The molecule has 1 fully saturated rings. The van der Waals surface area contributed by atoms with Crippen molar-refractivity contribution in [1.29, 1.82) is 0 Å². The van der Waals surface area contributed by atoms with Crippen molar-refractivity contribution >= 4 is 17.7 Å². The Morgan fingerprint density at radius 1 is 1.55 bits per heavy atom. The SMILES string of the molecule is O=C(O)CCC1NC(=O)C1=O. The summed E-state index contributed by atoms with van der Waals surface area (Å²) in [7, 11) is 0. The van der Waals surface area contributed by atoms with E-state index in [0.29, 0.717) is 0 Å². The van der Waals surface area contributed by atoms with Crippen LogP contribution < -0.4 is 5.32 Å². The van der Waals surface area contributed by atoms with Gasteiger partial charge in [-0.2, -0.15) is 0 Å². The molecule has 1 unspecified atom stereocenters. The summed E-state index contributed by atoms with van der Waals surface area (Å²) in [5.74, 6) is -2.08. The fraction of sp³-hybridized carbons (Fsp3) is 0.500. The molecule has 0 bridgehead atoms. The van der Waals surface area contributed by atoms with Crippen molar-refractivity contribution in [2.45, 2.75) is 18.9 Å². The van der Waals surface area contributed by atoms with Crippen LogP contribution in [0.25, 0.3) is 0 Å². The Morgan fingerprint density at radius 2 is 2.18 bits per heavy atom. The van der Waals surface area contributed by atoms with E-state index in [1.165, 1.54) is 0 Å². The molecule has 0 aromatic rings. The summed E-state index contributed by atoms with van der Waals surface area (Å²) in [6.07, 6.45) is 0.108. The lowest BCUT2D eigenvalue weighted by atomic mass is 9.99. The van der Waals surface area contributed by atoms with Crippen molar-refractivity contribution in [3.63, 3.8) is 0 Å². The second-order valence-corrected chi connectivity index (χ2v) is 2.32. The Kier molecular flexibility index (Phi) is 1.89. The average molecular weight is 157 g/mol. The van der Waals surface area contributed by atoms with E-state index in [2.05, 4.69) is 5.32 Å². The van der Waals surface area contributed by atoms with Gasteiger partial charge in [0.15, 0.2) is 0 Å². The molecule has 0 saturated carbocycles. The van der Waals surface area contributed by atoms with Crippen molar-refractivity contribution in [1.82, 2.24) is 5.32 Å². The summed E-state index contributed by atoms with van der Waals surface area (Å²) < 4.78 is 0. The molecule has 0 radical (unpaired) electrons. The number of Topliss-reactive ketones (excluding diaryl/α,β-unsaturated/α-hetero) is 1. The van der Waals surface area contributed by atoms with Gasteiger partial charge in [-0.1, -0.05) is 0 Å². The summed E-state index contributed by atoms with van der Waals surface area (Å²) in [4.78, 5) is 30.9. The van der Waals surface area contributed by atoms with E-state index in [9.17, 15) is 14.4 Å². The summed E-state index contributed by atoms with van der Waals surface area (Å²) in [5.41, 5.74) is 0. The van der Waals surface area contributed by atoms with Crippen LogP contribution in [0.2, 0.25) is 0 Å². The fourth-order valence-electron chi connectivity index (χ4n) is 0.846. The van der Waals surface area contributed by atoms with Crippen LogP contribution in [0, 0.1) is 0 Å². The van der Waals surface area contributed by atoms with E-state index in [1.807, 2.05) is 0 Å². The molecule has 1 amide bonds. The average Bonchev–Trinajstić information content (AvgIpc) is 1.96. The van der Waals surface area contributed by atoms with Gasteiger partial charge >= 0.3 is 5.97 Å². The molecule has 11 heavy (non-hydrogen) atoms. The topological polar surface area (TPSA) is 83.5 Å². The molecule has 2 N–H and O–H groups in total. The summed E-state index contributed by atoms with van der Waals surface area (Å²) in [5, 5.41) is 10.5. The molecule has 5 nitrogen and oxygen atoms in total. The monoisotopic (exact) mass is 157 g/mol. The number of carbonyl (C=O) groups excluding carboxylic acids is 2. The van der Waals surface area contributed by atoms with Gasteiger partial charge in [0.1, 0.15) is 0 Å². The number of ketones is 1. The van der Waals surface area contributed by atoms with Gasteiger partial charge in [-0.05, 0) is 6.42 Å². The Balaban J connectivity index is 2.26. The van der Waals surface area contributed by atoms with Gasteiger partial charge in [-0.15, -0.1) is 0 Å². The summed E-state index contributed by atoms with van der Waals surface area (Å²) in [6.45, 7) is 0. The lowest BCUT2D eigenvalue weighted by Crippen LogP contribution is -2.58. The minimum Gasteiger partial charge on any atom is -0.481 e. The largest absolute Gasteiger partial charge is 0.481 e. The Morgan fingerprint density at radius 3 is 2.55 bits per heavy atom. The van der Waals surface area contributed by atoms with Gasteiger partial charge in [0, 0.05) is 6.42 Å². The molecule has 0 aromatic heterocycles. The first-order valence-electron chi connectivity index (χ1n) is 3.18. The second kappa shape index (κ2) is 2.69. The minimum absolute atomic E-state index is 0.0866. The first-order chi connectivity index (χ1) is 5.11. The van der Waals surface area contributed by atoms with Gasteiger partial charge in [-0.25, -0.2) is 0 Å². The molecular weight excluding hydrogens is 150 g/mol. The lowest BCUT2D eigenvalue weighted by molar-refractivity contribution is -0.147. The first-order valence-corrected chi connectivity index (χ1v) is 3.18. The molecule has 60 valence electrons. The number of nitrogens with one attached hydrogen (secondary N) is 1. The van der Waals surface area contributed by atoms with Crippen molar-refractivity contribution < 1.29 is 19.5 Å². The van der Waals surface area contributed by atoms with Gasteiger partial charge < -0.3 is 10.4 Å². The van der Waals surface area contributed by atoms with E-state index in [0.717, 1.165) is 0 Å². The van der Waals surface area contributed by atoms with E-state index >= 15 is 0 Å². The number of aliphatic carboxylic acids is 1. The van der Waals surface area contributed by atoms with Crippen molar-refractivity contribution in [3.8, 4) is 0 Å². The second-order valence-electron chi connectivity index (χ2n) is 2.32. The Labute approximate surface area is 62.4 Å². The number of amides is 1. The number of hydrogen-bond acceptors (Lipinski definition) is 3. The number of carbonyl (C=O) groups is 3. The van der Waals surface area contributed by atoms with Crippen LogP contribution in [-0.2, 0) is 14.4 Å². The van der Waals surface area contributed by atoms with E-state index in [1.54, 1.807) is 0 Å². The van der Waals surface area contributed by atoms with E-state index in [4.69, 9.17) is 5.11 Å². The predicted octanol–water partition coefficient (Wildman–Crippen LogP) is -1.08. The zero-order valence-electron chi connectivity index (χ0n) is 5.66. The molecule has 0 aliphatic carbocycles. The molecule has 1 heterocycles. The highest BCUT2D eigenvalue weighted by molar-refractivity contribution is 6.44. The standard InChI is InChI=1S/C6H7NO4/c8-4(9)2-1-3-5(10)6(11)7-3/h3H,1-2H2,(H,7,11)(H,8,9). The Hall–Kier alpha value is -1.39. The Bertz CT molecular complexity index is 223. The quantitative estimate of drug-likeness (QED) is 0.403. The van der Waals surface area contributed by atoms with Crippen LogP contribution in [0.1, 0.15) is 12.8 Å². The molecule has 5 heteroatoms. The maximum atomic E-state index is 10.6. The van der Waals surface area contributed by atoms with Gasteiger partial charge in [-0.3, -0.25) is 14.4 Å². The van der Waals surface area contributed by atoms with Crippen molar-refractivity contribution in [2.75, 3.05) is 0 Å². The van der Waals surface area contributed by atoms with Crippen LogP contribution in [0.5, 0.6) is 0 Å². The highest BCUT2D eigenvalue weighted by Crippen LogP contribution is 2.06. The third-order valence-electron chi connectivity index (χ3n) is 1.49. The molecule has 1 atom stereocenters. The molecule has 1 saturated heterocycles. The van der Waals surface area contributed by atoms with Crippen LogP contribution in [0.4, 0.5) is 0 Å². The predicted molar refractivity (Wildman–Crippen MR) is 33.8 cm³/mol. The number of rotatable bonds is 3. The van der Waals surface area contributed by atoms with Gasteiger partial charge in [0.25, 0.3) is 5.91 Å². The summed E-state index contributed by atoms with van der Waals surface area (Å²) in [6, 6.07) is -0.557. The highest BCUT2D eigenvalue weighted by Gasteiger charge is 2.36. The van der Waals surface area contributed by atoms with Crippen LogP contribution in [0.3, 0.4) is 0 Å². The maximum absolute atomic E-state index is 10.6. The molecule has 1 aliphatic heterocycles. The molecule has 0 spiro atoms. The number of β-lactam (4-membered cyclic amide) rings is 1. The van der Waals surface area contributed by atoms with Crippen LogP contribution >= 0.6 is 0 Å². The lowest BCUT2D eigenvalue weighted by Gasteiger charge is -2.23. The van der Waals surface area contributed by atoms with Crippen molar-refractivity contribution in [3.05, 3.63) is 0 Å². The molecule has 1 rings (SSSR count). The summed E-state index contributed by atoms with van der Waals surface area (Å²) >= 11 is 0. The molecule has 1 aliphatic rings. The zero-order valence-corrected chi connectivity index (χ0v) is 5.66. The van der Waals surface area contributed by atoms with Crippen molar-refractivity contribution in [2.24, 2.45) is 0 Å². The number of carboxylic acid groups (broad SMARTS) is 1. The third kappa shape index (κ3) is 1.54. The number of hydrogen-bond donors (Lipinski definition) is 2. The molecule has 0 aromatic carbocycles. The zero-order chi connectivity index (χ0) is 8.43. The normalized spacial score (nSPS) is 22.4. The van der Waals surface area contributed by atoms with Crippen LogP contribution in [-0.4, -0.2) is 28.8 Å². The van der Waals surface area contributed by atoms with E-state index in [-0.39, 0.29) is 12.8 Å². The first kappa shape index (κ1) is 7.71. The van der Waals surface area contributed by atoms with E-state index < -0.39 is 23.7 Å². The van der Waals surface area contributed by atoms with Gasteiger partial charge in [0.05, 0.1) is 6.04 Å². The van der Waals surface area contributed by atoms with Crippen LogP contribution in [0.15, 0.2) is 0 Å². The van der Waals surface area contributed by atoms with Gasteiger partial charge in [0.2, 0.25) is 5.78 Å². The fourth-order valence-corrected chi connectivity index (χ4v) is 0.846.